The molecule has 0 radical (unpaired) electrons. The van der Waals surface area contributed by atoms with Gasteiger partial charge in [-0.25, -0.2) is 8.42 Å². The maximum absolute atomic E-state index is 13.4. The number of carbonyl (C=O) groups excluding carboxylic acids is 2. The lowest BCUT2D eigenvalue weighted by molar-refractivity contribution is -0.141. The van der Waals surface area contributed by atoms with Crippen LogP contribution in [0.25, 0.3) is 0 Å². The van der Waals surface area contributed by atoms with E-state index in [9.17, 15) is 18.0 Å². The maximum atomic E-state index is 13.4. The van der Waals surface area contributed by atoms with Gasteiger partial charge in [-0.3, -0.25) is 13.9 Å². The lowest BCUT2D eigenvalue weighted by Crippen LogP contribution is -2.49. The second-order valence-electron chi connectivity index (χ2n) is 8.25. The Morgan fingerprint density at radius 2 is 1.74 bits per heavy atom. The number of halogens is 2. The second-order valence-corrected chi connectivity index (χ2v) is 11.0. The number of amides is 2. The van der Waals surface area contributed by atoms with Crippen molar-refractivity contribution < 1.29 is 18.0 Å². The number of hydrogen-bond donors (Lipinski definition) is 1. The number of carbonyl (C=O) groups is 2. The van der Waals surface area contributed by atoms with Gasteiger partial charge in [0, 0.05) is 36.1 Å². The van der Waals surface area contributed by atoms with E-state index in [4.69, 9.17) is 23.2 Å². The lowest BCUT2D eigenvalue weighted by Gasteiger charge is -2.31. The topological polar surface area (TPSA) is 86.8 Å². The van der Waals surface area contributed by atoms with E-state index in [2.05, 4.69) is 5.32 Å². The van der Waals surface area contributed by atoms with Crippen molar-refractivity contribution in [2.45, 2.75) is 52.1 Å². The van der Waals surface area contributed by atoms with Gasteiger partial charge in [-0.1, -0.05) is 61.3 Å². The molecule has 0 aromatic heterocycles. The summed E-state index contributed by atoms with van der Waals surface area (Å²) >= 11 is 12.4. The van der Waals surface area contributed by atoms with Crippen molar-refractivity contribution in [1.82, 2.24) is 10.2 Å². The Labute approximate surface area is 218 Å². The molecular formula is C25H33Cl2N3O4S. The second kappa shape index (κ2) is 13.7. The number of benzene rings is 2. The van der Waals surface area contributed by atoms with E-state index in [0.717, 1.165) is 12.7 Å². The lowest BCUT2D eigenvalue weighted by atomic mass is 10.1. The van der Waals surface area contributed by atoms with Gasteiger partial charge >= 0.3 is 0 Å². The highest BCUT2D eigenvalue weighted by Crippen LogP contribution is 2.24. The van der Waals surface area contributed by atoms with Crippen LogP contribution in [-0.4, -0.2) is 50.5 Å². The van der Waals surface area contributed by atoms with Gasteiger partial charge in [0.05, 0.1) is 11.9 Å². The van der Waals surface area contributed by atoms with Crippen LogP contribution in [0.4, 0.5) is 5.69 Å². The maximum Gasteiger partial charge on any atom is 0.242 e. The molecule has 0 aliphatic heterocycles. The summed E-state index contributed by atoms with van der Waals surface area (Å²) in [4.78, 5) is 27.8. The molecule has 0 saturated heterocycles. The van der Waals surface area contributed by atoms with E-state index in [1.165, 1.54) is 9.21 Å². The zero-order valence-electron chi connectivity index (χ0n) is 20.3. The van der Waals surface area contributed by atoms with Crippen LogP contribution in [0, 0.1) is 0 Å². The van der Waals surface area contributed by atoms with Crippen LogP contribution in [0.15, 0.2) is 48.5 Å². The summed E-state index contributed by atoms with van der Waals surface area (Å²) in [5, 5.41) is 3.76. The van der Waals surface area contributed by atoms with E-state index in [1.54, 1.807) is 42.5 Å². The first-order valence-electron chi connectivity index (χ1n) is 11.6. The van der Waals surface area contributed by atoms with Gasteiger partial charge in [0.2, 0.25) is 21.8 Å². The molecule has 0 spiro atoms. The van der Waals surface area contributed by atoms with Crippen LogP contribution >= 0.6 is 23.2 Å². The van der Waals surface area contributed by atoms with E-state index in [-0.39, 0.29) is 31.3 Å². The summed E-state index contributed by atoms with van der Waals surface area (Å²) in [5.74, 6) is -0.481. The van der Waals surface area contributed by atoms with Crippen LogP contribution in [0.2, 0.25) is 10.0 Å². The molecule has 192 valence electrons. The quantitative estimate of drug-likeness (QED) is 0.391. The van der Waals surface area contributed by atoms with Gasteiger partial charge in [0.1, 0.15) is 6.04 Å². The molecule has 2 aromatic rings. The zero-order valence-corrected chi connectivity index (χ0v) is 22.7. The van der Waals surface area contributed by atoms with Crippen LogP contribution in [0.1, 0.15) is 45.1 Å². The highest BCUT2D eigenvalue weighted by Gasteiger charge is 2.29. The summed E-state index contributed by atoms with van der Waals surface area (Å²) < 4.78 is 26.0. The normalized spacial score (nSPS) is 12.1. The predicted molar refractivity (Wildman–Crippen MR) is 142 cm³/mol. The van der Waals surface area contributed by atoms with Gasteiger partial charge in [-0.05, 0) is 49.1 Å². The Kier molecular flexibility index (Phi) is 11.3. The first-order valence-corrected chi connectivity index (χ1v) is 14.2. The van der Waals surface area contributed by atoms with Gasteiger partial charge < -0.3 is 10.2 Å². The molecule has 10 heteroatoms. The molecule has 1 atom stereocenters. The van der Waals surface area contributed by atoms with Gasteiger partial charge in [0.15, 0.2) is 0 Å². The van der Waals surface area contributed by atoms with Crippen molar-refractivity contribution in [3.63, 3.8) is 0 Å². The third-order valence-corrected chi connectivity index (χ3v) is 7.27. The summed E-state index contributed by atoms with van der Waals surface area (Å²) in [6.07, 6.45) is 2.70. The van der Waals surface area contributed by atoms with E-state index >= 15 is 0 Å². The van der Waals surface area contributed by atoms with Gasteiger partial charge in [-0.15, -0.1) is 0 Å². The van der Waals surface area contributed by atoms with Crippen molar-refractivity contribution in [1.29, 1.82) is 0 Å². The highest BCUT2D eigenvalue weighted by molar-refractivity contribution is 7.92. The molecule has 1 N–H and O–H groups in total. The molecule has 2 aromatic carbocycles. The van der Waals surface area contributed by atoms with E-state index in [0.29, 0.717) is 40.7 Å². The molecule has 7 nitrogen and oxygen atoms in total. The monoisotopic (exact) mass is 541 g/mol. The standard InChI is InChI=1S/C25H33Cl2N3O4S/c1-4-15-28-25(32)23(5-2)29(18-19-13-14-20(26)17-22(19)27)24(31)12-9-16-30(35(3,33)34)21-10-7-6-8-11-21/h6-8,10-11,13-14,17,23H,4-5,9,12,15-16,18H2,1-3H3,(H,28,32)/t23-/m0/s1. The van der Waals surface area contributed by atoms with Crippen molar-refractivity contribution in [2.75, 3.05) is 23.7 Å². The molecule has 0 bridgehead atoms. The molecule has 2 amide bonds. The van der Waals surface area contributed by atoms with Crippen LogP contribution in [0.3, 0.4) is 0 Å². The number of hydrogen-bond acceptors (Lipinski definition) is 4. The molecule has 35 heavy (non-hydrogen) atoms. The minimum absolute atomic E-state index is 0.0711. The Morgan fingerprint density at radius 1 is 1.06 bits per heavy atom. The van der Waals surface area contributed by atoms with Crippen LogP contribution < -0.4 is 9.62 Å². The summed E-state index contributed by atoms with van der Waals surface area (Å²) in [5.41, 5.74) is 1.21. The molecule has 0 aliphatic carbocycles. The van der Waals surface area contributed by atoms with Crippen LogP contribution in [0.5, 0.6) is 0 Å². The fourth-order valence-corrected chi connectivity index (χ4v) is 5.15. The number of nitrogens with zero attached hydrogens (tertiary/aromatic N) is 2. The fourth-order valence-electron chi connectivity index (χ4n) is 3.72. The molecule has 0 heterocycles. The van der Waals surface area contributed by atoms with Crippen molar-refractivity contribution >= 4 is 50.7 Å². The van der Waals surface area contributed by atoms with Crippen molar-refractivity contribution in [3.05, 3.63) is 64.1 Å². The smallest absolute Gasteiger partial charge is 0.242 e. The van der Waals surface area contributed by atoms with Crippen molar-refractivity contribution in [3.8, 4) is 0 Å². The van der Waals surface area contributed by atoms with Crippen LogP contribution in [-0.2, 0) is 26.2 Å². The number of nitrogens with one attached hydrogen (secondary N) is 1. The average Bonchev–Trinajstić information content (AvgIpc) is 2.81. The largest absolute Gasteiger partial charge is 0.354 e. The summed E-state index contributed by atoms with van der Waals surface area (Å²) in [6.45, 7) is 4.60. The van der Waals surface area contributed by atoms with Gasteiger partial charge in [-0.2, -0.15) is 0 Å². The Morgan fingerprint density at radius 3 is 2.31 bits per heavy atom. The zero-order chi connectivity index (χ0) is 26.0. The number of rotatable bonds is 13. The van der Waals surface area contributed by atoms with Gasteiger partial charge in [0.25, 0.3) is 0 Å². The molecule has 0 aliphatic rings. The molecule has 0 unspecified atom stereocenters. The third-order valence-electron chi connectivity index (χ3n) is 5.49. The molecular weight excluding hydrogens is 509 g/mol. The predicted octanol–water partition coefficient (Wildman–Crippen LogP) is 4.87. The highest BCUT2D eigenvalue weighted by atomic mass is 35.5. The molecule has 0 saturated carbocycles. The third kappa shape index (κ3) is 8.70. The minimum atomic E-state index is -3.52. The van der Waals surface area contributed by atoms with E-state index < -0.39 is 16.1 Å². The first-order chi connectivity index (χ1) is 16.6. The Bertz CT molecular complexity index is 1100. The summed E-state index contributed by atoms with van der Waals surface area (Å²) in [7, 11) is -3.52. The number of anilines is 1. The molecule has 2 rings (SSSR count). The Balaban J connectivity index is 2.22. The average molecular weight is 543 g/mol. The number of para-hydroxylation sites is 1. The fraction of sp³-hybridized carbons (Fsp3) is 0.440. The SMILES string of the molecule is CCCNC(=O)[C@H](CC)N(Cc1ccc(Cl)cc1Cl)C(=O)CCCN(c1ccccc1)S(C)(=O)=O. The molecule has 0 fully saturated rings. The number of sulfonamides is 1. The first kappa shape index (κ1) is 28.9. The summed E-state index contributed by atoms with van der Waals surface area (Å²) in [6, 6.07) is 13.1. The minimum Gasteiger partial charge on any atom is -0.354 e. The Hall–Kier alpha value is -2.29. The van der Waals surface area contributed by atoms with E-state index in [1.807, 2.05) is 19.9 Å². The van der Waals surface area contributed by atoms with Crippen molar-refractivity contribution in [2.24, 2.45) is 0 Å².